The van der Waals surface area contributed by atoms with Gasteiger partial charge in [-0.05, 0) is 55.3 Å². The third-order valence-electron chi connectivity index (χ3n) is 3.73. The molecule has 0 saturated carbocycles. The average molecular weight is 376 g/mol. The maximum Gasteiger partial charge on any atom is 0.321 e. The van der Waals surface area contributed by atoms with Gasteiger partial charge in [0.05, 0.1) is 0 Å². The van der Waals surface area contributed by atoms with Gasteiger partial charge < -0.3 is 31.5 Å². The third-order valence-corrected chi connectivity index (χ3v) is 3.73. The minimum Gasteiger partial charge on any atom is -0.508 e. The van der Waals surface area contributed by atoms with Gasteiger partial charge in [-0.15, -0.1) is 0 Å². The van der Waals surface area contributed by atoms with Crippen LogP contribution in [0.15, 0.2) is 48.5 Å². The van der Waals surface area contributed by atoms with Gasteiger partial charge in [0.25, 0.3) is 0 Å². The third kappa shape index (κ3) is 8.21. The van der Waals surface area contributed by atoms with Crippen molar-refractivity contribution in [2.24, 2.45) is 5.73 Å². The van der Waals surface area contributed by atoms with E-state index in [-0.39, 0.29) is 17.9 Å². The SMILES string of the molecule is CNC(Cc1ccc(O)cc1)C(=O)O.NC(Cc1ccc(O)cc1)C(=O)O. The normalized spacial score (nSPS) is 12.4. The van der Waals surface area contributed by atoms with E-state index >= 15 is 0 Å². The molecule has 27 heavy (non-hydrogen) atoms. The number of phenolic OH excluding ortho intramolecular Hbond substituents is 2. The van der Waals surface area contributed by atoms with Crippen LogP contribution in [0.25, 0.3) is 0 Å². The van der Waals surface area contributed by atoms with Crippen LogP contribution < -0.4 is 11.1 Å². The first kappa shape index (κ1) is 21.9. The molecular weight excluding hydrogens is 352 g/mol. The summed E-state index contributed by atoms with van der Waals surface area (Å²) in [6.45, 7) is 0. The summed E-state index contributed by atoms with van der Waals surface area (Å²) in [5.74, 6) is -1.55. The first-order valence-corrected chi connectivity index (χ1v) is 8.17. The molecule has 0 aliphatic heterocycles. The van der Waals surface area contributed by atoms with Crippen molar-refractivity contribution in [1.82, 2.24) is 5.32 Å². The second kappa shape index (κ2) is 10.8. The Kier molecular flexibility index (Phi) is 8.77. The highest BCUT2D eigenvalue weighted by atomic mass is 16.4. The number of hydrogen-bond acceptors (Lipinski definition) is 6. The summed E-state index contributed by atoms with van der Waals surface area (Å²) < 4.78 is 0. The molecule has 8 nitrogen and oxygen atoms in total. The van der Waals surface area contributed by atoms with Gasteiger partial charge in [-0.2, -0.15) is 0 Å². The number of benzene rings is 2. The molecule has 2 unspecified atom stereocenters. The monoisotopic (exact) mass is 376 g/mol. The lowest BCUT2D eigenvalue weighted by molar-refractivity contribution is -0.139. The molecule has 0 bridgehead atoms. The molecule has 146 valence electrons. The fourth-order valence-corrected chi connectivity index (χ4v) is 2.15. The maximum atomic E-state index is 10.7. The summed E-state index contributed by atoms with van der Waals surface area (Å²) in [4.78, 5) is 21.1. The average Bonchev–Trinajstić information content (AvgIpc) is 2.63. The Morgan fingerprint density at radius 3 is 1.59 bits per heavy atom. The number of rotatable bonds is 7. The Hall–Kier alpha value is -3.10. The number of phenols is 2. The van der Waals surface area contributed by atoms with E-state index in [1.165, 1.54) is 12.1 Å². The van der Waals surface area contributed by atoms with Gasteiger partial charge >= 0.3 is 11.9 Å². The summed E-state index contributed by atoms with van der Waals surface area (Å²) in [6.07, 6.45) is 0.682. The summed E-state index contributed by atoms with van der Waals surface area (Å²) in [5, 5.41) is 38.0. The molecule has 0 aliphatic carbocycles. The molecule has 0 aromatic heterocycles. The van der Waals surface area contributed by atoms with Crippen LogP contribution in [-0.4, -0.2) is 51.5 Å². The highest BCUT2D eigenvalue weighted by Gasteiger charge is 2.14. The molecule has 2 rings (SSSR count). The van der Waals surface area contributed by atoms with Crippen LogP contribution in [0.5, 0.6) is 11.5 Å². The van der Waals surface area contributed by atoms with Gasteiger partial charge in [0.2, 0.25) is 0 Å². The number of likely N-dealkylation sites (N-methyl/N-ethyl adjacent to an activating group) is 1. The zero-order valence-corrected chi connectivity index (χ0v) is 14.9. The second-order valence-corrected chi connectivity index (χ2v) is 5.87. The second-order valence-electron chi connectivity index (χ2n) is 5.87. The summed E-state index contributed by atoms with van der Waals surface area (Å²) >= 11 is 0. The Balaban J connectivity index is 0.000000271. The quantitative estimate of drug-likeness (QED) is 0.418. The fourth-order valence-electron chi connectivity index (χ4n) is 2.15. The Labute approximate surface area is 156 Å². The first-order chi connectivity index (χ1) is 12.7. The Morgan fingerprint density at radius 1 is 0.852 bits per heavy atom. The lowest BCUT2D eigenvalue weighted by atomic mass is 10.1. The number of hydrogen-bond donors (Lipinski definition) is 6. The molecule has 0 aliphatic rings. The van der Waals surface area contributed by atoms with E-state index in [1.54, 1.807) is 43.4 Å². The van der Waals surface area contributed by atoms with E-state index in [0.29, 0.717) is 6.42 Å². The summed E-state index contributed by atoms with van der Waals surface area (Å²) in [7, 11) is 1.61. The molecule has 2 aromatic carbocycles. The zero-order chi connectivity index (χ0) is 20.4. The molecule has 7 N–H and O–H groups in total. The standard InChI is InChI=1S/C10H13NO3.C9H11NO3/c1-11-9(10(13)14)6-7-2-4-8(12)5-3-7;10-8(9(12)13)5-6-1-3-7(11)4-2-6/h2-5,9,11-12H,6H2,1H3,(H,13,14);1-4,8,11H,5,10H2,(H,12,13). The predicted molar refractivity (Wildman–Crippen MR) is 99.7 cm³/mol. The van der Waals surface area contributed by atoms with E-state index in [2.05, 4.69) is 5.32 Å². The van der Waals surface area contributed by atoms with Crippen molar-refractivity contribution in [3.8, 4) is 11.5 Å². The number of carbonyl (C=O) groups is 2. The van der Waals surface area contributed by atoms with Crippen molar-refractivity contribution in [2.45, 2.75) is 24.9 Å². The maximum absolute atomic E-state index is 10.7. The number of nitrogens with one attached hydrogen (secondary N) is 1. The van der Waals surface area contributed by atoms with Crippen molar-refractivity contribution in [1.29, 1.82) is 0 Å². The van der Waals surface area contributed by atoms with Crippen LogP contribution in [0, 0.1) is 0 Å². The first-order valence-electron chi connectivity index (χ1n) is 8.17. The Morgan fingerprint density at radius 2 is 1.26 bits per heavy atom. The minimum atomic E-state index is -1.02. The van der Waals surface area contributed by atoms with E-state index < -0.39 is 24.0 Å². The van der Waals surface area contributed by atoms with Crippen molar-refractivity contribution >= 4 is 11.9 Å². The number of carboxylic acids is 2. The summed E-state index contributed by atoms with van der Waals surface area (Å²) in [5.41, 5.74) is 7.00. The number of carboxylic acid groups (broad SMARTS) is 2. The molecule has 0 amide bonds. The van der Waals surface area contributed by atoms with Crippen LogP contribution >= 0.6 is 0 Å². The minimum absolute atomic E-state index is 0.160. The molecule has 0 heterocycles. The largest absolute Gasteiger partial charge is 0.508 e. The van der Waals surface area contributed by atoms with Gasteiger partial charge in [-0.3, -0.25) is 9.59 Å². The van der Waals surface area contributed by atoms with Crippen molar-refractivity contribution in [3.05, 3.63) is 59.7 Å². The molecule has 0 saturated heterocycles. The molecule has 8 heteroatoms. The summed E-state index contributed by atoms with van der Waals surface area (Å²) in [6, 6.07) is 11.4. The van der Waals surface area contributed by atoms with Gasteiger partial charge in [0.15, 0.2) is 0 Å². The van der Waals surface area contributed by atoms with Crippen molar-refractivity contribution < 1.29 is 30.0 Å². The fraction of sp³-hybridized carbons (Fsp3) is 0.263. The molecule has 2 atom stereocenters. The molecule has 2 aromatic rings. The van der Waals surface area contributed by atoms with E-state index in [4.69, 9.17) is 26.2 Å². The van der Waals surface area contributed by atoms with Crippen LogP contribution in [0.4, 0.5) is 0 Å². The van der Waals surface area contributed by atoms with Crippen molar-refractivity contribution in [2.75, 3.05) is 7.05 Å². The van der Waals surface area contributed by atoms with E-state index in [1.807, 2.05) is 0 Å². The highest BCUT2D eigenvalue weighted by molar-refractivity contribution is 5.74. The lowest BCUT2D eigenvalue weighted by Gasteiger charge is -2.10. The van der Waals surface area contributed by atoms with Crippen LogP contribution in [-0.2, 0) is 22.4 Å². The molecular formula is C19H24N2O6. The van der Waals surface area contributed by atoms with Crippen LogP contribution in [0.3, 0.4) is 0 Å². The number of nitrogens with two attached hydrogens (primary N) is 1. The van der Waals surface area contributed by atoms with Crippen LogP contribution in [0.2, 0.25) is 0 Å². The van der Waals surface area contributed by atoms with Gasteiger partial charge in [0.1, 0.15) is 23.6 Å². The predicted octanol–water partition coefficient (Wildman–Crippen LogP) is 0.954. The zero-order valence-electron chi connectivity index (χ0n) is 14.9. The number of aromatic hydroxyl groups is 2. The van der Waals surface area contributed by atoms with Crippen LogP contribution in [0.1, 0.15) is 11.1 Å². The topological polar surface area (TPSA) is 153 Å². The number of aliphatic carboxylic acids is 2. The lowest BCUT2D eigenvalue weighted by Crippen LogP contribution is -2.35. The molecule has 0 fully saturated rings. The van der Waals surface area contributed by atoms with E-state index in [9.17, 15) is 9.59 Å². The smallest absolute Gasteiger partial charge is 0.321 e. The molecule has 0 spiro atoms. The molecule has 0 radical (unpaired) electrons. The van der Waals surface area contributed by atoms with Gasteiger partial charge in [0, 0.05) is 0 Å². The van der Waals surface area contributed by atoms with Gasteiger partial charge in [-0.25, -0.2) is 0 Å². The van der Waals surface area contributed by atoms with Crippen molar-refractivity contribution in [3.63, 3.8) is 0 Å². The Bertz CT molecular complexity index is 731. The highest BCUT2D eigenvalue weighted by Crippen LogP contribution is 2.11. The van der Waals surface area contributed by atoms with E-state index in [0.717, 1.165) is 11.1 Å². The van der Waals surface area contributed by atoms with Gasteiger partial charge in [-0.1, -0.05) is 24.3 Å².